The van der Waals surface area contributed by atoms with Crippen LogP contribution in [-0.2, 0) is 10.8 Å². The quantitative estimate of drug-likeness (QED) is 0.158. The highest BCUT2D eigenvalue weighted by molar-refractivity contribution is 6.10. The van der Waals surface area contributed by atoms with Crippen molar-refractivity contribution in [3.05, 3.63) is 241 Å². The van der Waals surface area contributed by atoms with Crippen LogP contribution in [0.4, 0.5) is 34.1 Å². The highest BCUT2D eigenvalue weighted by Gasteiger charge is 2.40. The molecule has 0 N–H and O–H groups in total. The van der Waals surface area contributed by atoms with Crippen molar-refractivity contribution in [1.82, 2.24) is 0 Å². The monoisotopic (exact) mass is 820 g/mol. The fourth-order valence-corrected chi connectivity index (χ4v) is 10.9. The summed E-state index contributed by atoms with van der Waals surface area (Å²) in [6.45, 7) is 9.56. The van der Waals surface area contributed by atoms with Gasteiger partial charge in [0.15, 0.2) is 0 Å². The van der Waals surface area contributed by atoms with Gasteiger partial charge in [-0.3, -0.25) is 0 Å². The third-order valence-electron chi connectivity index (χ3n) is 14.2. The first-order chi connectivity index (χ1) is 31.3. The topological polar surface area (TPSA) is 6.48 Å². The number of nitrogens with zero attached hydrogens (tertiary/aromatic N) is 2. The summed E-state index contributed by atoms with van der Waals surface area (Å²) in [6, 6.07) is 80.8. The molecular formula is C62H48N2. The molecule has 0 aliphatic heterocycles. The maximum Gasteiger partial charge on any atom is 0.0621 e. The molecule has 0 spiro atoms. The highest BCUT2D eigenvalue weighted by Crippen LogP contribution is 2.58. The lowest BCUT2D eigenvalue weighted by molar-refractivity contribution is 0.660. The van der Waals surface area contributed by atoms with Gasteiger partial charge < -0.3 is 9.80 Å². The lowest BCUT2D eigenvalue weighted by Gasteiger charge is -2.30. The Morgan fingerprint density at radius 3 is 1.50 bits per heavy atom. The Bertz CT molecular complexity index is 3400. The fourth-order valence-electron chi connectivity index (χ4n) is 10.9. The average molecular weight is 821 g/mol. The number of anilines is 6. The minimum Gasteiger partial charge on any atom is -0.310 e. The van der Waals surface area contributed by atoms with Gasteiger partial charge >= 0.3 is 0 Å². The normalized spacial score (nSPS) is 13.9. The Morgan fingerprint density at radius 1 is 0.297 bits per heavy atom. The zero-order valence-electron chi connectivity index (χ0n) is 36.7. The van der Waals surface area contributed by atoms with E-state index in [1.54, 1.807) is 0 Å². The minimum absolute atomic E-state index is 0.128. The first kappa shape index (κ1) is 38.0. The summed E-state index contributed by atoms with van der Waals surface area (Å²) in [5, 5.41) is 4.98. The molecule has 0 saturated heterocycles. The van der Waals surface area contributed by atoms with E-state index in [1.165, 1.54) is 82.9 Å². The maximum absolute atomic E-state index is 2.48. The van der Waals surface area contributed by atoms with E-state index in [9.17, 15) is 0 Å². The van der Waals surface area contributed by atoms with E-state index in [1.807, 2.05) is 0 Å². The molecule has 2 nitrogen and oxygen atoms in total. The number of hydrogen-bond acceptors (Lipinski definition) is 2. The number of fused-ring (bicyclic) bond motifs is 8. The van der Waals surface area contributed by atoms with Crippen LogP contribution in [0.3, 0.4) is 0 Å². The smallest absolute Gasteiger partial charge is 0.0621 e. The summed E-state index contributed by atoms with van der Waals surface area (Å²) in [4.78, 5) is 4.94. The van der Waals surface area contributed by atoms with Crippen molar-refractivity contribution in [3.8, 4) is 33.4 Å². The third kappa shape index (κ3) is 5.86. The van der Waals surface area contributed by atoms with Gasteiger partial charge in [0, 0.05) is 50.2 Å². The van der Waals surface area contributed by atoms with E-state index >= 15 is 0 Å². The molecule has 10 aromatic carbocycles. The molecule has 2 aliphatic rings. The van der Waals surface area contributed by atoms with Gasteiger partial charge in [-0.15, -0.1) is 0 Å². The number of rotatable bonds is 7. The fraction of sp³-hybridized carbons (Fsp3) is 0.0968. The van der Waals surface area contributed by atoms with Gasteiger partial charge in [0.25, 0.3) is 0 Å². The molecule has 0 radical (unpaired) electrons. The predicted octanol–water partition coefficient (Wildman–Crippen LogP) is 17.2. The zero-order valence-corrected chi connectivity index (χ0v) is 36.7. The number of benzene rings is 10. The van der Waals surface area contributed by atoms with Crippen LogP contribution in [0.1, 0.15) is 49.9 Å². The highest BCUT2D eigenvalue weighted by atomic mass is 15.2. The molecule has 0 heterocycles. The minimum atomic E-state index is -0.286. The molecular weight excluding hydrogens is 773 g/mol. The second kappa shape index (κ2) is 14.4. The summed E-state index contributed by atoms with van der Waals surface area (Å²) in [5.41, 5.74) is 19.5. The molecule has 306 valence electrons. The van der Waals surface area contributed by atoms with Crippen molar-refractivity contribution >= 4 is 55.7 Å². The van der Waals surface area contributed by atoms with Gasteiger partial charge in [-0.05, 0) is 139 Å². The first-order valence-electron chi connectivity index (χ1n) is 22.5. The maximum atomic E-state index is 2.48. The molecule has 2 heteroatoms. The predicted molar refractivity (Wildman–Crippen MR) is 271 cm³/mol. The van der Waals surface area contributed by atoms with Crippen LogP contribution in [0.2, 0.25) is 0 Å². The first-order valence-corrected chi connectivity index (χ1v) is 22.5. The van der Waals surface area contributed by atoms with Crippen LogP contribution >= 0.6 is 0 Å². The molecule has 10 aromatic rings. The molecule has 0 aromatic heterocycles. The van der Waals surface area contributed by atoms with E-state index in [2.05, 4.69) is 256 Å². The van der Waals surface area contributed by atoms with E-state index < -0.39 is 0 Å². The van der Waals surface area contributed by atoms with Crippen molar-refractivity contribution in [3.63, 3.8) is 0 Å². The molecule has 0 bridgehead atoms. The molecule has 0 unspecified atom stereocenters. The van der Waals surface area contributed by atoms with Crippen molar-refractivity contribution in [2.75, 3.05) is 9.80 Å². The second-order valence-electron chi connectivity index (χ2n) is 18.6. The Morgan fingerprint density at radius 2 is 0.797 bits per heavy atom. The molecule has 2 aliphatic carbocycles. The van der Waals surface area contributed by atoms with Crippen LogP contribution < -0.4 is 9.80 Å². The number of hydrogen-bond donors (Lipinski definition) is 0. The Labute approximate surface area is 376 Å². The SMILES string of the molecule is CC1(C)c2ccccc2-c2ccc(N(c3ccc(-c4ccc5ccccc5c4)cc3)c3ccc4c(c3)C(C)(C)c3cc5ccccc5c(N(c5ccccc5)c5ccccc5)c3-4)cc21. The van der Waals surface area contributed by atoms with Crippen LogP contribution in [-0.4, -0.2) is 0 Å². The molecule has 0 atom stereocenters. The molecule has 0 amide bonds. The van der Waals surface area contributed by atoms with Crippen molar-refractivity contribution < 1.29 is 0 Å². The Balaban J connectivity index is 1.05. The lowest BCUT2D eigenvalue weighted by Crippen LogP contribution is -2.18. The Kier molecular flexibility index (Phi) is 8.58. The van der Waals surface area contributed by atoms with Gasteiger partial charge in [0.2, 0.25) is 0 Å². The molecule has 64 heavy (non-hydrogen) atoms. The standard InChI is InChI=1S/C62H48N2/c1-61(2)55-26-16-15-25-52(55)53-35-33-49(39-56(53)61)63(48-31-29-42(30-32-48)44-28-27-41-17-11-12-18-43(41)37-44)50-34-36-54-57(40-50)62(3,4)58-38-45-19-13-14-24-51(45)60(59(54)58)64(46-20-7-5-8-21-46)47-22-9-6-10-23-47/h5-40H,1-4H3. The molecule has 0 fully saturated rings. The van der Waals surface area contributed by atoms with Gasteiger partial charge in [0.05, 0.1) is 5.69 Å². The summed E-state index contributed by atoms with van der Waals surface area (Å²) < 4.78 is 0. The second-order valence-corrected chi connectivity index (χ2v) is 18.6. The van der Waals surface area contributed by atoms with Crippen LogP contribution in [0.5, 0.6) is 0 Å². The molecule has 0 saturated carbocycles. The van der Waals surface area contributed by atoms with Gasteiger partial charge in [-0.25, -0.2) is 0 Å². The average Bonchev–Trinajstić information content (AvgIpc) is 3.71. The number of para-hydroxylation sites is 2. The lowest BCUT2D eigenvalue weighted by atomic mass is 9.81. The van der Waals surface area contributed by atoms with Crippen LogP contribution in [0, 0.1) is 0 Å². The van der Waals surface area contributed by atoms with E-state index in [4.69, 9.17) is 0 Å². The summed E-state index contributed by atoms with van der Waals surface area (Å²) >= 11 is 0. The van der Waals surface area contributed by atoms with Crippen molar-refractivity contribution in [2.45, 2.75) is 38.5 Å². The Hall–Kier alpha value is -7.68. The largest absolute Gasteiger partial charge is 0.310 e. The van der Waals surface area contributed by atoms with Gasteiger partial charge in [0.1, 0.15) is 0 Å². The van der Waals surface area contributed by atoms with E-state index in [0.29, 0.717) is 0 Å². The van der Waals surface area contributed by atoms with Crippen molar-refractivity contribution in [2.24, 2.45) is 0 Å². The summed E-state index contributed by atoms with van der Waals surface area (Å²) in [7, 11) is 0. The zero-order chi connectivity index (χ0) is 43.2. The summed E-state index contributed by atoms with van der Waals surface area (Å²) in [6.07, 6.45) is 0. The third-order valence-corrected chi connectivity index (χ3v) is 14.2. The van der Waals surface area contributed by atoms with Gasteiger partial charge in [-0.2, -0.15) is 0 Å². The van der Waals surface area contributed by atoms with E-state index in [-0.39, 0.29) is 10.8 Å². The van der Waals surface area contributed by atoms with Gasteiger partial charge in [-0.1, -0.05) is 173 Å². The van der Waals surface area contributed by atoms with E-state index in [0.717, 1.165) is 28.4 Å². The summed E-state index contributed by atoms with van der Waals surface area (Å²) in [5.74, 6) is 0. The van der Waals surface area contributed by atoms with Crippen molar-refractivity contribution in [1.29, 1.82) is 0 Å². The molecule has 12 rings (SSSR count). The van der Waals surface area contributed by atoms with Crippen LogP contribution in [0.25, 0.3) is 54.9 Å². The van der Waals surface area contributed by atoms with Crippen LogP contribution in [0.15, 0.2) is 218 Å².